The number of carbonyl (C=O) groups is 1. The van der Waals surface area contributed by atoms with Gasteiger partial charge in [0, 0.05) is 12.7 Å². The lowest BCUT2D eigenvalue weighted by molar-refractivity contribution is 0.251. The van der Waals surface area contributed by atoms with E-state index in [-0.39, 0.29) is 5.96 Å². The summed E-state index contributed by atoms with van der Waals surface area (Å²) in [5, 5.41) is 9.22. The molecule has 0 radical (unpaired) electrons. The van der Waals surface area contributed by atoms with Gasteiger partial charge in [0.2, 0.25) is 0 Å². The van der Waals surface area contributed by atoms with Crippen LogP contribution in [0.2, 0.25) is 0 Å². The first-order valence-corrected chi connectivity index (χ1v) is 4.88. The van der Waals surface area contributed by atoms with Crippen LogP contribution in [0.1, 0.15) is 11.1 Å². The summed E-state index contributed by atoms with van der Waals surface area (Å²) in [6, 6.07) is 5.37. The fourth-order valence-corrected chi connectivity index (χ4v) is 1.49. The molecule has 0 aliphatic heterocycles. The zero-order valence-electron chi connectivity index (χ0n) is 9.66. The van der Waals surface area contributed by atoms with Crippen LogP contribution in [-0.2, 0) is 0 Å². The normalized spacial score (nSPS) is 9.69. The maximum atomic E-state index is 11.6. The third kappa shape index (κ3) is 2.73. The summed E-state index contributed by atoms with van der Waals surface area (Å²) in [6.07, 6.45) is 0. The Morgan fingerprint density at radius 1 is 1.44 bits per heavy atom. The average molecular weight is 220 g/mol. The maximum Gasteiger partial charge on any atom is 0.328 e. The summed E-state index contributed by atoms with van der Waals surface area (Å²) in [5.74, 6) is -0.360. The van der Waals surface area contributed by atoms with E-state index in [2.05, 4.69) is 5.32 Å². The number of nitrogens with two attached hydrogens (primary N) is 1. The Kier molecular flexibility index (Phi) is 3.50. The quantitative estimate of drug-likeness (QED) is 0.493. The molecule has 0 atom stereocenters. The SMILES string of the molecule is Cc1ccc(N(C)C(=O)NC(=N)N)c(C)c1. The van der Waals surface area contributed by atoms with Crippen LogP contribution in [-0.4, -0.2) is 19.0 Å². The topological polar surface area (TPSA) is 82.2 Å². The summed E-state index contributed by atoms with van der Waals surface area (Å²) in [6.45, 7) is 3.92. The van der Waals surface area contributed by atoms with E-state index in [1.165, 1.54) is 4.90 Å². The predicted octanol–water partition coefficient (Wildman–Crippen LogP) is 1.34. The third-order valence-electron chi connectivity index (χ3n) is 2.26. The van der Waals surface area contributed by atoms with Crippen LogP contribution in [0.25, 0.3) is 0 Å². The number of rotatable bonds is 1. The van der Waals surface area contributed by atoms with Crippen LogP contribution in [0.4, 0.5) is 10.5 Å². The van der Waals surface area contributed by atoms with E-state index >= 15 is 0 Å². The molecule has 0 aliphatic rings. The molecule has 86 valence electrons. The van der Waals surface area contributed by atoms with E-state index < -0.39 is 6.03 Å². The van der Waals surface area contributed by atoms with Crippen molar-refractivity contribution in [3.8, 4) is 0 Å². The summed E-state index contributed by atoms with van der Waals surface area (Å²) in [5.41, 5.74) is 8.03. The highest BCUT2D eigenvalue weighted by molar-refractivity contribution is 6.02. The van der Waals surface area contributed by atoms with Crippen molar-refractivity contribution in [3.05, 3.63) is 29.3 Å². The van der Waals surface area contributed by atoms with Gasteiger partial charge in [-0.3, -0.25) is 15.6 Å². The Balaban J connectivity index is 2.91. The van der Waals surface area contributed by atoms with Gasteiger partial charge in [0.25, 0.3) is 0 Å². The molecule has 0 unspecified atom stereocenters. The Morgan fingerprint density at radius 2 is 2.06 bits per heavy atom. The van der Waals surface area contributed by atoms with Crippen molar-refractivity contribution in [2.24, 2.45) is 5.73 Å². The second-order valence-electron chi connectivity index (χ2n) is 3.69. The molecule has 0 heterocycles. The number of hydrogen-bond acceptors (Lipinski definition) is 2. The van der Waals surface area contributed by atoms with Crippen LogP contribution >= 0.6 is 0 Å². The number of amides is 2. The molecule has 1 aromatic carbocycles. The van der Waals surface area contributed by atoms with Gasteiger partial charge < -0.3 is 5.73 Å². The van der Waals surface area contributed by atoms with Crippen molar-refractivity contribution in [1.29, 1.82) is 5.41 Å². The van der Waals surface area contributed by atoms with E-state index in [0.29, 0.717) is 0 Å². The third-order valence-corrected chi connectivity index (χ3v) is 2.26. The molecule has 0 saturated heterocycles. The first-order chi connectivity index (χ1) is 7.41. The van der Waals surface area contributed by atoms with Crippen molar-refractivity contribution in [2.45, 2.75) is 13.8 Å². The maximum absolute atomic E-state index is 11.6. The fourth-order valence-electron chi connectivity index (χ4n) is 1.49. The van der Waals surface area contributed by atoms with Crippen molar-refractivity contribution >= 4 is 17.7 Å². The summed E-state index contributed by atoms with van der Waals surface area (Å²) in [7, 11) is 1.63. The molecule has 16 heavy (non-hydrogen) atoms. The lowest BCUT2D eigenvalue weighted by atomic mass is 10.1. The molecule has 0 aliphatic carbocycles. The highest BCUT2D eigenvalue weighted by atomic mass is 16.2. The molecular formula is C11H16N4O. The number of anilines is 1. The minimum absolute atomic E-state index is 0.360. The zero-order chi connectivity index (χ0) is 12.3. The Morgan fingerprint density at radius 3 is 2.56 bits per heavy atom. The van der Waals surface area contributed by atoms with Crippen molar-refractivity contribution in [3.63, 3.8) is 0 Å². The Labute approximate surface area is 94.8 Å². The molecule has 0 saturated carbocycles. The summed E-state index contributed by atoms with van der Waals surface area (Å²) in [4.78, 5) is 13.0. The number of urea groups is 1. The molecule has 0 fully saturated rings. The molecule has 1 rings (SSSR count). The van der Waals surface area contributed by atoms with E-state index in [0.717, 1.165) is 16.8 Å². The molecule has 5 heteroatoms. The van der Waals surface area contributed by atoms with E-state index in [9.17, 15) is 4.79 Å². The van der Waals surface area contributed by atoms with E-state index in [1.54, 1.807) is 7.05 Å². The van der Waals surface area contributed by atoms with Gasteiger partial charge in [0.1, 0.15) is 0 Å². The van der Waals surface area contributed by atoms with Crippen LogP contribution in [0, 0.1) is 19.3 Å². The van der Waals surface area contributed by atoms with E-state index in [4.69, 9.17) is 11.1 Å². The highest BCUT2D eigenvalue weighted by Gasteiger charge is 2.12. The lowest BCUT2D eigenvalue weighted by Gasteiger charge is -2.19. The molecule has 2 amide bonds. The number of benzene rings is 1. The smallest absolute Gasteiger partial charge is 0.328 e. The Bertz CT molecular complexity index is 428. The van der Waals surface area contributed by atoms with Gasteiger partial charge in [-0.05, 0) is 25.5 Å². The van der Waals surface area contributed by atoms with Gasteiger partial charge in [-0.25, -0.2) is 4.79 Å². The number of aryl methyl sites for hydroxylation is 2. The molecule has 1 aromatic rings. The Hall–Kier alpha value is -2.04. The number of guanidine groups is 1. The van der Waals surface area contributed by atoms with Crippen molar-refractivity contribution in [1.82, 2.24) is 5.32 Å². The predicted molar refractivity (Wildman–Crippen MR) is 64.8 cm³/mol. The fraction of sp³-hybridized carbons (Fsp3) is 0.273. The average Bonchev–Trinajstić information content (AvgIpc) is 2.15. The largest absolute Gasteiger partial charge is 0.370 e. The van der Waals surface area contributed by atoms with Crippen LogP contribution in [0.3, 0.4) is 0 Å². The standard InChI is InChI=1S/C11H16N4O/c1-7-4-5-9(8(2)6-7)15(3)11(16)14-10(12)13/h4-6H,1-3H3,(H4,12,13,14,16). The minimum atomic E-state index is -0.417. The second-order valence-corrected chi connectivity index (χ2v) is 3.69. The second kappa shape index (κ2) is 4.65. The minimum Gasteiger partial charge on any atom is -0.370 e. The van der Waals surface area contributed by atoms with Gasteiger partial charge in [-0.1, -0.05) is 17.7 Å². The molecule has 0 bridgehead atoms. The number of carbonyl (C=O) groups excluding carboxylic acids is 1. The lowest BCUT2D eigenvalue weighted by Crippen LogP contribution is -2.44. The summed E-state index contributed by atoms with van der Waals surface area (Å²) < 4.78 is 0. The molecular weight excluding hydrogens is 204 g/mol. The summed E-state index contributed by atoms with van der Waals surface area (Å²) >= 11 is 0. The molecule has 0 spiro atoms. The van der Waals surface area contributed by atoms with E-state index in [1.807, 2.05) is 32.0 Å². The van der Waals surface area contributed by atoms with Gasteiger partial charge in [-0.2, -0.15) is 0 Å². The van der Waals surface area contributed by atoms with Gasteiger partial charge >= 0.3 is 6.03 Å². The first-order valence-electron chi connectivity index (χ1n) is 4.88. The van der Waals surface area contributed by atoms with Crippen molar-refractivity contribution < 1.29 is 4.79 Å². The van der Waals surface area contributed by atoms with Gasteiger partial charge in [-0.15, -0.1) is 0 Å². The highest BCUT2D eigenvalue weighted by Crippen LogP contribution is 2.19. The van der Waals surface area contributed by atoms with Crippen LogP contribution < -0.4 is 16.0 Å². The first kappa shape index (κ1) is 12.0. The molecule has 4 N–H and O–H groups in total. The molecule has 5 nitrogen and oxygen atoms in total. The van der Waals surface area contributed by atoms with Gasteiger partial charge in [0.05, 0.1) is 0 Å². The van der Waals surface area contributed by atoms with Gasteiger partial charge in [0.15, 0.2) is 5.96 Å². The zero-order valence-corrected chi connectivity index (χ0v) is 9.66. The monoisotopic (exact) mass is 220 g/mol. The number of nitrogens with one attached hydrogen (secondary N) is 2. The number of hydrogen-bond donors (Lipinski definition) is 3. The molecule has 0 aromatic heterocycles. The number of nitrogens with zero attached hydrogens (tertiary/aromatic N) is 1. The van der Waals surface area contributed by atoms with Crippen LogP contribution in [0.15, 0.2) is 18.2 Å². The van der Waals surface area contributed by atoms with Crippen LogP contribution in [0.5, 0.6) is 0 Å². The van der Waals surface area contributed by atoms with Crippen molar-refractivity contribution in [2.75, 3.05) is 11.9 Å².